The molecule has 1 aromatic heterocycles. The summed E-state index contributed by atoms with van der Waals surface area (Å²) < 4.78 is 5.41. The largest absolute Gasteiger partial charge is 0.481 e. The Labute approximate surface area is 165 Å². The molecule has 0 aliphatic carbocycles. The molecule has 1 aromatic carbocycles. The van der Waals surface area contributed by atoms with E-state index in [9.17, 15) is 14.7 Å². The number of benzene rings is 1. The Kier molecular flexibility index (Phi) is 6.98. The molecule has 140 valence electrons. The van der Waals surface area contributed by atoms with Crippen LogP contribution in [0.2, 0.25) is 0 Å². The Hall–Kier alpha value is -2.83. The zero-order chi connectivity index (χ0) is 20.0. The summed E-state index contributed by atoms with van der Waals surface area (Å²) in [6.45, 7) is 7.16. The van der Waals surface area contributed by atoms with Crippen molar-refractivity contribution in [1.82, 2.24) is 9.97 Å². The molecule has 8 heteroatoms. The lowest BCUT2D eigenvalue weighted by atomic mass is 10.1. The van der Waals surface area contributed by atoms with Crippen molar-refractivity contribution in [2.24, 2.45) is 0 Å². The average molecular weight is 407 g/mol. The molecule has 2 N–H and O–H groups in total. The van der Waals surface area contributed by atoms with Crippen LogP contribution in [0.1, 0.15) is 21.9 Å². The van der Waals surface area contributed by atoms with Crippen molar-refractivity contribution >= 4 is 29.2 Å². The van der Waals surface area contributed by atoms with E-state index in [0.29, 0.717) is 5.57 Å². The number of halogens is 2. The number of rotatable bonds is 8. The van der Waals surface area contributed by atoms with Gasteiger partial charge in [0, 0.05) is 6.42 Å². The van der Waals surface area contributed by atoms with Gasteiger partial charge < -0.3 is 14.8 Å². The first-order chi connectivity index (χ1) is 12.8. The van der Waals surface area contributed by atoms with Gasteiger partial charge in [0.05, 0.1) is 10.1 Å². The fourth-order valence-corrected chi connectivity index (χ4v) is 2.46. The van der Waals surface area contributed by atoms with Gasteiger partial charge in [-0.25, -0.2) is 9.78 Å². The summed E-state index contributed by atoms with van der Waals surface area (Å²) in [6, 6.07) is 9.03. The van der Waals surface area contributed by atoms with E-state index in [-0.39, 0.29) is 34.7 Å². The Balaban J connectivity index is 2.37. The fraction of sp³-hybridized carbons (Fsp3) is 0.105. The summed E-state index contributed by atoms with van der Waals surface area (Å²) >= 11 is 11.8. The minimum Gasteiger partial charge on any atom is -0.481 e. The molecule has 0 saturated carbocycles. The van der Waals surface area contributed by atoms with E-state index >= 15 is 0 Å². The topological polar surface area (TPSA) is 92.3 Å². The summed E-state index contributed by atoms with van der Waals surface area (Å²) in [6.07, 6.45) is 1.44. The number of hydrogen-bond acceptors (Lipinski definition) is 4. The number of aromatic amines is 1. The Morgan fingerprint density at radius 2 is 1.96 bits per heavy atom. The van der Waals surface area contributed by atoms with Crippen molar-refractivity contribution in [1.29, 1.82) is 0 Å². The molecule has 0 saturated heterocycles. The van der Waals surface area contributed by atoms with Crippen LogP contribution in [0.25, 0.3) is 0 Å². The van der Waals surface area contributed by atoms with Crippen LogP contribution in [-0.2, 0) is 13.0 Å². The summed E-state index contributed by atoms with van der Waals surface area (Å²) in [4.78, 5) is 30.4. The molecule has 0 atom stereocenters. The number of H-pyrrole nitrogens is 1. The summed E-state index contributed by atoms with van der Waals surface area (Å²) in [5, 5.41) is 9.65. The third-order valence-electron chi connectivity index (χ3n) is 3.48. The quantitative estimate of drug-likeness (QED) is 0.645. The molecule has 0 aliphatic heterocycles. The normalized spacial score (nSPS) is 11.5. The summed E-state index contributed by atoms with van der Waals surface area (Å²) in [7, 11) is 0. The first-order valence-electron chi connectivity index (χ1n) is 7.72. The Bertz CT molecular complexity index is 965. The second-order valence-electron chi connectivity index (χ2n) is 5.39. The minimum atomic E-state index is -1.39. The van der Waals surface area contributed by atoms with Crippen LogP contribution in [-0.4, -0.2) is 21.0 Å². The van der Waals surface area contributed by atoms with Crippen LogP contribution >= 0.6 is 23.2 Å². The number of carboxylic acid groups (broad SMARTS) is 1. The van der Waals surface area contributed by atoms with Crippen LogP contribution < -0.4 is 10.3 Å². The lowest BCUT2D eigenvalue weighted by Gasteiger charge is -2.10. The highest BCUT2D eigenvalue weighted by atomic mass is 35.5. The number of aromatic carboxylic acids is 1. The van der Waals surface area contributed by atoms with Crippen molar-refractivity contribution in [2.75, 3.05) is 0 Å². The van der Waals surface area contributed by atoms with E-state index < -0.39 is 17.2 Å². The Morgan fingerprint density at radius 3 is 2.52 bits per heavy atom. The van der Waals surface area contributed by atoms with E-state index in [0.717, 1.165) is 5.56 Å². The number of ether oxygens (including phenoxy) is 1. The van der Waals surface area contributed by atoms with Gasteiger partial charge in [0.1, 0.15) is 12.4 Å². The number of nitrogens with one attached hydrogen (secondary N) is 1. The van der Waals surface area contributed by atoms with E-state index in [1.165, 1.54) is 6.08 Å². The van der Waals surface area contributed by atoms with Crippen LogP contribution in [0.15, 0.2) is 70.0 Å². The van der Waals surface area contributed by atoms with Crippen molar-refractivity contribution < 1.29 is 14.6 Å². The van der Waals surface area contributed by atoms with Gasteiger partial charge in [0.25, 0.3) is 5.56 Å². The predicted octanol–water partition coefficient (Wildman–Crippen LogP) is 4.02. The van der Waals surface area contributed by atoms with Gasteiger partial charge >= 0.3 is 5.97 Å². The van der Waals surface area contributed by atoms with E-state index in [4.69, 9.17) is 27.9 Å². The number of carboxylic acids is 1. The van der Waals surface area contributed by atoms with E-state index in [1.54, 1.807) is 24.3 Å². The fourth-order valence-electron chi connectivity index (χ4n) is 2.20. The summed E-state index contributed by atoms with van der Waals surface area (Å²) in [5.41, 5.74) is 0.0159. The average Bonchev–Trinajstić information content (AvgIpc) is 2.64. The molecule has 0 fully saturated rings. The SMILES string of the molecule is C=C/C(Cc1nc(C(=O)O)c(OCc2ccccc2)c(=O)[nH]1)=C(/Cl)C(=C)Cl. The molecule has 0 radical (unpaired) electrons. The third-order valence-corrected chi connectivity index (χ3v) is 4.24. The maximum Gasteiger partial charge on any atom is 0.358 e. The van der Waals surface area contributed by atoms with E-state index in [2.05, 4.69) is 23.1 Å². The van der Waals surface area contributed by atoms with E-state index in [1.807, 2.05) is 6.07 Å². The van der Waals surface area contributed by atoms with Crippen LogP contribution in [0.4, 0.5) is 0 Å². The first kappa shape index (κ1) is 20.5. The molecule has 2 rings (SSSR count). The standard InChI is InChI=1S/C19H16Cl2N2O4/c1-3-13(15(21)11(2)20)9-14-22-16(19(25)26)17(18(24)23-14)27-10-12-7-5-4-6-8-12/h3-8H,1-2,9-10H2,(H,25,26)(H,22,23,24)/b15-13-. The highest BCUT2D eigenvalue weighted by Gasteiger charge is 2.20. The van der Waals surface area contributed by atoms with Crippen molar-refractivity contribution in [3.63, 3.8) is 0 Å². The molecule has 0 amide bonds. The second-order valence-corrected chi connectivity index (χ2v) is 6.23. The molecule has 0 aliphatic rings. The molecule has 6 nitrogen and oxygen atoms in total. The molecule has 1 heterocycles. The molecule has 0 unspecified atom stereocenters. The Morgan fingerprint density at radius 1 is 1.30 bits per heavy atom. The first-order valence-corrected chi connectivity index (χ1v) is 8.48. The number of nitrogens with zero attached hydrogens (tertiary/aromatic N) is 1. The molecular weight excluding hydrogens is 391 g/mol. The van der Waals surface area contributed by atoms with Gasteiger partial charge in [-0.2, -0.15) is 0 Å². The zero-order valence-corrected chi connectivity index (χ0v) is 15.7. The minimum absolute atomic E-state index is 0.0164. The van der Waals surface area contributed by atoms with Gasteiger partial charge in [0.15, 0.2) is 5.69 Å². The van der Waals surface area contributed by atoms with Crippen LogP contribution in [0, 0.1) is 0 Å². The molecule has 2 aromatic rings. The highest BCUT2D eigenvalue weighted by Crippen LogP contribution is 2.24. The van der Waals surface area contributed by atoms with Crippen LogP contribution in [0.5, 0.6) is 5.75 Å². The number of carbonyl (C=O) groups is 1. The maximum absolute atomic E-state index is 12.4. The molecule has 0 spiro atoms. The lowest BCUT2D eigenvalue weighted by molar-refractivity contribution is 0.0683. The van der Waals surface area contributed by atoms with Crippen molar-refractivity contribution in [3.05, 3.63) is 92.6 Å². The van der Waals surface area contributed by atoms with Gasteiger partial charge in [-0.3, -0.25) is 4.79 Å². The van der Waals surface area contributed by atoms with Crippen LogP contribution in [0.3, 0.4) is 0 Å². The predicted molar refractivity (Wildman–Crippen MR) is 104 cm³/mol. The second kappa shape index (κ2) is 9.21. The smallest absolute Gasteiger partial charge is 0.358 e. The van der Waals surface area contributed by atoms with Gasteiger partial charge in [-0.05, 0) is 11.1 Å². The number of hydrogen-bond donors (Lipinski definition) is 2. The lowest BCUT2D eigenvalue weighted by Crippen LogP contribution is -2.21. The van der Waals surface area contributed by atoms with Crippen molar-refractivity contribution in [2.45, 2.75) is 13.0 Å². The summed E-state index contributed by atoms with van der Waals surface area (Å²) in [5.74, 6) is -1.68. The molecule has 27 heavy (non-hydrogen) atoms. The van der Waals surface area contributed by atoms with Gasteiger partial charge in [0.2, 0.25) is 5.75 Å². The number of aromatic nitrogens is 2. The number of allylic oxidation sites excluding steroid dienone is 4. The maximum atomic E-state index is 12.4. The monoisotopic (exact) mass is 406 g/mol. The van der Waals surface area contributed by atoms with Crippen molar-refractivity contribution in [3.8, 4) is 5.75 Å². The van der Waals surface area contributed by atoms with Gasteiger partial charge in [-0.15, -0.1) is 0 Å². The van der Waals surface area contributed by atoms with Gasteiger partial charge in [-0.1, -0.05) is 72.8 Å². The molecule has 0 bridgehead atoms. The highest BCUT2D eigenvalue weighted by molar-refractivity contribution is 6.44. The third kappa shape index (κ3) is 5.32. The zero-order valence-electron chi connectivity index (χ0n) is 14.2. The molecular formula is C19H16Cl2N2O4.